The molecule has 8 nitrogen and oxygen atoms in total. The lowest BCUT2D eigenvalue weighted by Crippen LogP contribution is -2.47. The third kappa shape index (κ3) is 3.70. The Morgan fingerprint density at radius 3 is 2.13 bits per heavy atom. The van der Waals surface area contributed by atoms with E-state index in [1.807, 2.05) is 20.8 Å². The van der Waals surface area contributed by atoms with E-state index in [1.165, 1.54) is 12.4 Å². The number of halogens is 1. The van der Waals surface area contributed by atoms with Crippen LogP contribution in [-0.4, -0.2) is 45.8 Å². The molecule has 0 spiro atoms. The zero-order valence-electron chi connectivity index (χ0n) is 16.4. The maximum atomic E-state index is 13.7. The van der Waals surface area contributed by atoms with Crippen molar-refractivity contribution in [3.8, 4) is 11.5 Å². The molecule has 0 fully saturated rings. The number of nitrogens with one attached hydrogen (secondary N) is 3. The third-order valence-corrected chi connectivity index (χ3v) is 4.48. The number of hydrogen-bond donors (Lipinski definition) is 5. The van der Waals surface area contributed by atoms with Gasteiger partial charge in [0.25, 0.3) is 11.1 Å². The molecule has 3 rings (SSSR count). The Labute approximate surface area is 172 Å². The minimum absolute atomic E-state index is 0.0478. The average molecular weight is 406 g/mol. The molecule has 2 heterocycles. The molecular weight excluding hydrogens is 389 g/mol. The quantitative estimate of drug-likeness (QED) is 0.245. The predicted octanol–water partition coefficient (Wildman–Crippen LogP) is -2.12. The second kappa shape index (κ2) is 7.40. The number of phenols is 2. The summed E-state index contributed by atoms with van der Waals surface area (Å²) in [4.78, 5) is 36.9. The van der Waals surface area contributed by atoms with Gasteiger partial charge in [-0.3, -0.25) is 9.59 Å². The van der Waals surface area contributed by atoms with E-state index in [9.17, 15) is 24.2 Å². The van der Waals surface area contributed by atoms with Crippen molar-refractivity contribution in [2.75, 3.05) is 0 Å². The minimum atomic E-state index is -1.29. The smallest absolute Gasteiger partial charge is 0.272 e. The van der Waals surface area contributed by atoms with Gasteiger partial charge in [-0.15, -0.1) is 0 Å². The van der Waals surface area contributed by atoms with Gasteiger partial charge in [-0.2, -0.15) is 0 Å². The summed E-state index contributed by atoms with van der Waals surface area (Å²) < 4.78 is 13.7. The number of nitrogens with zero attached hydrogens (tertiary/aromatic N) is 1. The van der Waals surface area contributed by atoms with Gasteiger partial charge in [-0.25, -0.2) is 9.37 Å². The van der Waals surface area contributed by atoms with Gasteiger partial charge >= 0.3 is 0 Å². The largest absolute Gasteiger partial charge is 0.504 e. The molecule has 150 valence electrons. The zero-order chi connectivity index (χ0) is 22.4. The van der Waals surface area contributed by atoms with Crippen molar-refractivity contribution in [2.45, 2.75) is 26.2 Å². The standard InChI is InChI=1S/C19H17B2FN4O4/c1-19(2,3)16-8(23-6-24-16)5-10-18(30)25-9(17(29)26-10)4-7-11(20)12(21)13(22)15(28)14(7)27/h4-6,27-28H,1-3H3,(H,23,24)(H,25,30)(H,26,29)/b9-4-,10-5-. The van der Waals surface area contributed by atoms with Crippen LogP contribution in [0.5, 0.6) is 11.5 Å². The number of aromatic amines is 3. The second-order valence-electron chi connectivity index (χ2n) is 7.69. The van der Waals surface area contributed by atoms with Crippen molar-refractivity contribution in [3.05, 3.63) is 60.5 Å². The summed E-state index contributed by atoms with van der Waals surface area (Å²) in [6.07, 6.45) is 3.89. The normalized spacial score (nSPS) is 13.2. The molecule has 0 aliphatic rings. The van der Waals surface area contributed by atoms with Gasteiger partial charge in [0.05, 0.1) is 12.0 Å². The third-order valence-electron chi connectivity index (χ3n) is 4.48. The number of aromatic hydroxyl groups is 2. The lowest BCUT2D eigenvalue weighted by molar-refractivity contribution is 0.380. The highest BCUT2D eigenvalue weighted by atomic mass is 19.1. The highest BCUT2D eigenvalue weighted by Gasteiger charge is 2.19. The highest BCUT2D eigenvalue weighted by molar-refractivity contribution is 6.50. The van der Waals surface area contributed by atoms with Gasteiger partial charge in [0.1, 0.15) is 26.4 Å². The lowest BCUT2D eigenvalue weighted by atomic mass is 9.76. The van der Waals surface area contributed by atoms with Crippen LogP contribution in [0.2, 0.25) is 0 Å². The summed E-state index contributed by atoms with van der Waals surface area (Å²) in [5.74, 6) is -3.32. The van der Waals surface area contributed by atoms with Gasteiger partial charge < -0.3 is 25.2 Å². The first kappa shape index (κ1) is 21.2. The van der Waals surface area contributed by atoms with E-state index >= 15 is 0 Å². The van der Waals surface area contributed by atoms with Crippen LogP contribution >= 0.6 is 0 Å². The van der Waals surface area contributed by atoms with Gasteiger partial charge in [-0.1, -0.05) is 31.7 Å². The predicted molar refractivity (Wildman–Crippen MR) is 112 cm³/mol. The number of imidazole rings is 1. The Morgan fingerprint density at radius 2 is 1.57 bits per heavy atom. The Bertz CT molecular complexity index is 1350. The van der Waals surface area contributed by atoms with Gasteiger partial charge in [0.2, 0.25) is 0 Å². The molecule has 4 radical (unpaired) electrons. The molecule has 11 heteroatoms. The first-order valence-corrected chi connectivity index (χ1v) is 8.80. The fraction of sp³-hybridized carbons (Fsp3) is 0.211. The molecule has 5 N–H and O–H groups in total. The molecule has 0 aliphatic carbocycles. The van der Waals surface area contributed by atoms with Crippen molar-refractivity contribution < 1.29 is 14.6 Å². The number of hydrogen-bond acceptors (Lipinski definition) is 5. The first-order chi connectivity index (χ1) is 13.9. The number of aromatic nitrogens is 4. The number of benzene rings is 1. The molecule has 2 aromatic heterocycles. The van der Waals surface area contributed by atoms with E-state index in [0.717, 1.165) is 11.8 Å². The highest BCUT2D eigenvalue weighted by Crippen LogP contribution is 2.29. The SMILES string of the molecule is [B]c1c([B])c(/C=c2\[nH]c(=O)/c(=C/c3nc[nH]c3C(C)(C)C)[nH]c2=O)c(O)c(O)c1F. The molecule has 0 saturated carbocycles. The number of phenolic OH excluding ortho intramolecular Hbond substituents is 2. The summed E-state index contributed by atoms with van der Waals surface area (Å²) in [7, 11) is 11.1. The van der Waals surface area contributed by atoms with Crippen molar-refractivity contribution in [1.29, 1.82) is 0 Å². The maximum absolute atomic E-state index is 13.7. The average Bonchev–Trinajstić information content (AvgIpc) is 3.14. The van der Waals surface area contributed by atoms with E-state index < -0.39 is 39.4 Å². The van der Waals surface area contributed by atoms with E-state index in [4.69, 9.17) is 15.7 Å². The topological polar surface area (TPSA) is 135 Å². The minimum Gasteiger partial charge on any atom is -0.504 e. The van der Waals surface area contributed by atoms with Crippen LogP contribution in [0.15, 0.2) is 15.9 Å². The summed E-state index contributed by atoms with van der Waals surface area (Å²) in [5, 5.41) is 19.2. The van der Waals surface area contributed by atoms with Crippen molar-refractivity contribution in [1.82, 2.24) is 19.9 Å². The van der Waals surface area contributed by atoms with Crippen LogP contribution in [0.4, 0.5) is 4.39 Å². The summed E-state index contributed by atoms with van der Waals surface area (Å²) in [6.45, 7) is 5.89. The fourth-order valence-corrected chi connectivity index (χ4v) is 2.89. The lowest BCUT2D eigenvalue weighted by Gasteiger charge is -2.16. The molecule has 0 bridgehead atoms. The van der Waals surface area contributed by atoms with E-state index in [0.29, 0.717) is 5.69 Å². The van der Waals surface area contributed by atoms with Crippen LogP contribution in [0.3, 0.4) is 0 Å². The molecule has 0 unspecified atom stereocenters. The fourth-order valence-electron chi connectivity index (χ4n) is 2.89. The number of H-pyrrole nitrogens is 3. The summed E-state index contributed by atoms with van der Waals surface area (Å²) in [6, 6.07) is 0. The van der Waals surface area contributed by atoms with Gasteiger partial charge in [0.15, 0.2) is 17.3 Å². The van der Waals surface area contributed by atoms with E-state index in [2.05, 4.69) is 19.9 Å². The summed E-state index contributed by atoms with van der Waals surface area (Å²) in [5.41, 5.74) is -1.71. The maximum Gasteiger partial charge on any atom is 0.272 e. The Hall–Kier alpha value is -3.49. The molecular formula is C19H17B2FN4O4. The van der Waals surface area contributed by atoms with Crippen molar-refractivity contribution >= 4 is 38.8 Å². The van der Waals surface area contributed by atoms with Crippen LogP contribution in [0.1, 0.15) is 37.7 Å². The second-order valence-corrected chi connectivity index (χ2v) is 7.69. The van der Waals surface area contributed by atoms with E-state index in [-0.39, 0.29) is 21.7 Å². The van der Waals surface area contributed by atoms with E-state index in [1.54, 1.807) is 0 Å². The molecule has 3 aromatic rings. The van der Waals surface area contributed by atoms with Gasteiger partial charge in [0, 0.05) is 16.7 Å². The van der Waals surface area contributed by atoms with Crippen molar-refractivity contribution in [3.63, 3.8) is 0 Å². The van der Waals surface area contributed by atoms with Crippen molar-refractivity contribution in [2.24, 2.45) is 0 Å². The molecule has 1 aromatic carbocycles. The van der Waals surface area contributed by atoms with Crippen LogP contribution in [0.25, 0.3) is 12.2 Å². The first-order valence-electron chi connectivity index (χ1n) is 8.80. The molecule has 0 atom stereocenters. The molecule has 0 amide bonds. The molecule has 30 heavy (non-hydrogen) atoms. The van der Waals surface area contributed by atoms with Gasteiger partial charge in [-0.05, 0) is 12.2 Å². The monoisotopic (exact) mass is 406 g/mol. The Kier molecular flexibility index (Phi) is 5.23. The Balaban J connectivity index is 2.23. The Morgan fingerprint density at radius 1 is 1.00 bits per heavy atom. The number of rotatable bonds is 2. The molecule has 0 saturated heterocycles. The summed E-state index contributed by atoms with van der Waals surface area (Å²) >= 11 is 0. The zero-order valence-corrected chi connectivity index (χ0v) is 16.4. The van der Waals surface area contributed by atoms with Crippen LogP contribution in [0, 0.1) is 5.82 Å². The molecule has 0 aliphatic heterocycles. The van der Waals surface area contributed by atoms with Crippen LogP contribution in [-0.2, 0) is 5.41 Å². The van der Waals surface area contributed by atoms with Crippen LogP contribution < -0.4 is 32.7 Å².